The highest BCUT2D eigenvalue weighted by Gasteiger charge is 2.20. The number of hydrogen-bond acceptors (Lipinski definition) is 6. The summed E-state index contributed by atoms with van der Waals surface area (Å²) in [5, 5.41) is 10.1. The fourth-order valence-electron chi connectivity index (χ4n) is 2.72. The molecule has 0 saturated heterocycles. The first-order chi connectivity index (χ1) is 15.1. The number of ether oxygens (including phenoxy) is 2. The number of hydrogen-bond donors (Lipinski definition) is 1. The van der Waals surface area contributed by atoms with Gasteiger partial charge in [0.05, 0.1) is 16.7 Å². The molecule has 168 valence electrons. The first-order valence-corrected chi connectivity index (χ1v) is 10.2. The SMILES string of the molecule is CC(C)=CCOC(=O)c1cc(C(=O)OCC=C(C)C)cc(C(=O)c2cc(C)ccc2O)c1. The van der Waals surface area contributed by atoms with E-state index in [1.807, 2.05) is 27.7 Å². The Morgan fingerprint density at radius 1 is 0.781 bits per heavy atom. The number of ketones is 1. The zero-order valence-corrected chi connectivity index (χ0v) is 19.0. The van der Waals surface area contributed by atoms with Crippen LogP contribution >= 0.6 is 0 Å². The topological polar surface area (TPSA) is 89.9 Å². The molecule has 0 aliphatic carbocycles. The Labute approximate surface area is 188 Å². The predicted octanol–water partition coefficient (Wildman–Crippen LogP) is 5.18. The highest BCUT2D eigenvalue weighted by atomic mass is 16.5. The second kappa shape index (κ2) is 11.1. The van der Waals surface area contributed by atoms with Crippen molar-refractivity contribution in [3.05, 3.63) is 87.5 Å². The third kappa shape index (κ3) is 6.94. The molecule has 0 atom stereocenters. The molecule has 0 aromatic heterocycles. The zero-order chi connectivity index (χ0) is 23.8. The van der Waals surface area contributed by atoms with Crippen LogP contribution < -0.4 is 0 Å². The lowest BCUT2D eigenvalue weighted by atomic mass is 9.97. The monoisotopic (exact) mass is 436 g/mol. The van der Waals surface area contributed by atoms with Gasteiger partial charge in [-0.05, 0) is 77.1 Å². The van der Waals surface area contributed by atoms with Crippen molar-refractivity contribution in [2.75, 3.05) is 13.2 Å². The normalized spacial score (nSPS) is 10.2. The summed E-state index contributed by atoms with van der Waals surface area (Å²) in [7, 11) is 0. The number of carbonyl (C=O) groups is 3. The molecule has 0 saturated carbocycles. The Bertz CT molecular complexity index is 1030. The summed E-state index contributed by atoms with van der Waals surface area (Å²) in [5.41, 5.74) is 2.98. The second-order valence-corrected chi connectivity index (χ2v) is 7.91. The number of carbonyl (C=O) groups excluding carboxylic acids is 3. The predicted molar refractivity (Wildman–Crippen MR) is 122 cm³/mol. The molecule has 0 unspecified atom stereocenters. The van der Waals surface area contributed by atoms with Gasteiger partial charge in [-0.25, -0.2) is 9.59 Å². The fourth-order valence-corrected chi connectivity index (χ4v) is 2.72. The van der Waals surface area contributed by atoms with Crippen LogP contribution in [-0.2, 0) is 9.47 Å². The summed E-state index contributed by atoms with van der Waals surface area (Å²) >= 11 is 0. The van der Waals surface area contributed by atoms with Crippen molar-refractivity contribution in [1.29, 1.82) is 0 Å². The van der Waals surface area contributed by atoms with E-state index in [1.54, 1.807) is 31.2 Å². The van der Waals surface area contributed by atoms with Crippen molar-refractivity contribution in [3.8, 4) is 5.75 Å². The summed E-state index contributed by atoms with van der Waals surface area (Å²) < 4.78 is 10.5. The Kier molecular flexibility index (Phi) is 8.53. The van der Waals surface area contributed by atoms with E-state index in [4.69, 9.17) is 9.47 Å². The lowest BCUT2D eigenvalue weighted by molar-refractivity contribution is 0.0547. The first-order valence-electron chi connectivity index (χ1n) is 10.2. The van der Waals surface area contributed by atoms with Gasteiger partial charge in [-0.3, -0.25) is 4.79 Å². The van der Waals surface area contributed by atoms with E-state index < -0.39 is 17.7 Å². The number of benzene rings is 2. The maximum atomic E-state index is 13.1. The Hall–Kier alpha value is -3.67. The summed E-state index contributed by atoms with van der Waals surface area (Å²) in [6, 6.07) is 8.68. The molecule has 0 aliphatic heterocycles. The van der Waals surface area contributed by atoms with E-state index >= 15 is 0 Å². The molecule has 0 spiro atoms. The van der Waals surface area contributed by atoms with Gasteiger partial charge < -0.3 is 14.6 Å². The summed E-state index contributed by atoms with van der Waals surface area (Å²) in [5.74, 6) is -2.07. The van der Waals surface area contributed by atoms with Gasteiger partial charge in [-0.2, -0.15) is 0 Å². The summed E-state index contributed by atoms with van der Waals surface area (Å²) in [4.78, 5) is 38.2. The molecule has 0 amide bonds. The number of phenols is 1. The van der Waals surface area contributed by atoms with Gasteiger partial charge >= 0.3 is 11.9 Å². The summed E-state index contributed by atoms with van der Waals surface area (Å²) in [6.07, 6.45) is 3.48. The van der Waals surface area contributed by atoms with Crippen LogP contribution in [0.1, 0.15) is 69.9 Å². The van der Waals surface area contributed by atoms with E-state index in [1.165, 1.54) is 24.3 Å². The third-order valence-electron chi connectivity index (χ3n) is 4.48. The molecule has 2 aromatic rings. The van der Waals surface area contributed by atoms with Gasteiger partial charge in [0.2, 0.25) is 0 Å². The van der Waals surface area contributed by atoms with Gasteiger partial charge in [0.25, 0.3) is 0 Å². The molecule has 6 nitrogen and oxygen atoms in total. The van der Waals surface area contributed by atoms with Crippen LogP contribution in [0.15, 0.2) is 59.7 Å². The Morgan fingerprint density at radius 2 is 1.25 bits per heavy atom. The van der Waals surface area contributed by atoms with Crippen LogP contribution in [0.2, 0.25) is 0 Å². The standard InChI is InChI=1S/C26H28O6/c1-16(2)8-10-31-25(29)20-13-19(24(28)22-12-18(5)6-7-23(22)27)14-21(15-20)26(30)32-11-9-17(3)4/h6-9,12-15,27H,10-11H2,1-5H3. The van der Waals surface area contributed by atoms with Gasteiger partial charge in [-0.1, -0.05) is 22.8 Å². The average Bonchev–Trinajstić information content (AvgIpc) is 2.73. The maximum absolute atomic E-state index is 13.1. The van der Waals surface area contributed by atoms with Crippen molar-refractivity contribution < 1.29 is 29.0 Å². The number of rotatable bonds is 8. The van der Waals surface area contributed by atoms with Crippen molar-refractivity contribution in [2.45, 2.75) is 34.6 Å². The molecule has 0 fully saturated rings. The van der Waals surface area contributed by atoms with E-state index in [0.29, 0.717) is 0 Å². The van der Waals surface area contributed by atoms with Gasteiger partial charge in [0, 0.05) is 5.56 Å². The lowest BCUT2D eigenvalue weighted by Crippen LogP contribution is -2.13. The van der Waals surface area contributed by atoms with Crippen LogP contribution in [-0.4, -0.2) is 36.0 Å². The van der Waals surface area contributed by atoms with E-state index in [2.05, 4.69) is 0 Å². The molecular formula is C26H28O6. The number of phenolic OH excluding ortho intramolecular Hbond substituents is 1. The van der Waals surface area contributed by atoms with Crippen LogP contribution in [0.25, 0.3) is 0 Å². The maximum Gasteiger partial charge on any atom is 0.338 e. The van der Waals surface area contributed by atoms with Gasteiger partial charge in [-0.15, -0.1) is 0 Å². The Balaban J connectivity index is 2.45. The van der Waals surface area contributed by atoms with Crippen LogP contribution in [0, 0.1) is 6.92 Å². The quantitative estimate of drug-likeness (QED) is 0.348. The number of esters is 2. The molecule has 2 aromatic carbocycles. The summed E-state index contributed by atoms with van der Waals surface area (Å²) in [6.45, 7) is 9.43. The number of aromatic hydroxyl groups is 1. The van der Waals surface area contributed by atoms with Crippen LogP contribution in [0.4, 0.5) is 0 Å². The first kappa shape index (κ1) is 24.6. The fraction of sp³-hybridized carbons (Fsp3) is 0.269. The molecule has 2 rings (SSSR count). The van der Waals surface area contributed by atoms with E-state index in [0.717, 1.165) is 16.7 Å². The Morgan fingerprint density at radius 3 is 1.72 bits per heavy atom. The van der Waals surface area contributed by atoms with Gasteiger partial charge in [0.15, 0.2) is 5.78 Å². The second-order valence-electron chi connectivity index (χ2n) is 7.91. The highest BCUT2D eigenvalue weighted by Crippen LogP contribution is 2.24. The minimum absolute atomic E-state index is 0.0410. The van der Waals surface area contributed by atoms with E-state index in [-0.39, 0.29) is 41.2 Å². The van der Waals surface area contributed by atoms with Crippen molar-refractivity contribution in [3.63, 3.8) is 0 Å². The third-order valence-corrected chi connectivity index (χ3v) is 4.48. The number of allylic oxidation sites excluding steroid dienone is 2. The van der Waals surface area contributed by atoms with Crippen molar-refractivity contribution >= 4 is 17.7 Å². The smallest absolute Gasteiger partial charge is 0.338 e. The molecule has 0 heterocycles. The molecular weight excluding hydrogens is 408 g/mol. The zero-order valence-electron chi connectivity index (χ0n) is 19.0. The van der Waals surface area contributed by atoms with E-state index in [9.17, 15) is 19.5 Å². The molecule has 1 N–H and O–H groups in total. The molecule has 6 heteroatoms. The average molecular weight is 437 g/mol. The lowest BCUT2D eigenvalue weighted by Gasteiger charge is -2.10. The number of aryl methyl sites for hydroxylation is 1. The minimum Gasteiger partial charge on any atom is -0.507 e. The molecule has 32 heavy (non-hydrogen) atoms. The minimum atomic E-state index is -0.677. The van der Waals surface area contributed by atoms with Gasteiger partial charge in [0.1, 0.15) is 19.0 Å². The van der Waals surface area contributed by atoms with Crippen LogP contribution in [0.3, 0.4) is 0 Å². The highest BCUT2D eigenvalue weighted by molar-refractivity contribution is 6.12. The van der Waals surface area contributed by atoms with Crippen LogP contribution in [0.5, 0.6) is 5.75 Å². The molecule has 0 radical (unpaired) electrons. The molecule has 0 aliphatic rings. The van der Waals surface area contributed by atoms with Crippen molar-refractivity contribution in [2.24, 2.45) is 0 Å². The van der Waals surface area contributed by atoms with Crippen molar-refractivity contribution in [1.82, 2.24) is 0 Å². The molecule has 0 bridgehead atoms. The largest absolute Gasteiger partial charge is 0.507 e.